The molecule has 0 aromatic heterocycles. The Morgan fingerprint density at radius 1 is 1.69 bits per heavy atom. The Labute approximate surface area is 74.9 Å². The van der Waals surface area contributed by atoms with Gasteiger partial charge in [0.25, 0.3) is 0 Å². The number of esters is 1. The van der Waals surface area contributed by atoms with E-state index in [2.05, 4.69) is 10.0 Å². The molecule has 0 rings (SSSR count). The van der Waals surface area contributed by atoms with E-state index in [1.165, 1.54) is 0 Å². The van der Waals surface area contributed by atoms with Gasteiger partial charge in [-0.15, -0.1) is 4.91 Å². The summed E-state index contributed by atoms with van der Waals surface area (Å²) in [5.74, 6) is -0.651. The van der Waals surface area contributed by atoms with Gasteiger partial charge in [0.15, 0.2) is 0 Å². The third kappa shape index (κ3) is 6.00. The SMILES string of the molecule is CC(=O)OC(O)CN(CCO)N=O. The Morgan fingerprint density at radius 3 is 2.69 bits per heavy atom. The monoisotopic (exact) mass is 192 g/mol. The number of hydrogen-bond donors (Lipinski definition) is 2. The summed E-state index contributed by atoms with van der Waals surface area (Å²) in [7, 11) is 0. The Morgan fingerprint density at radius 2 is 2.31 bits per heavy atom. The van der Waals surface area contributed by atoms with E-state index in [1.54, 1.807) is 0 Å². The average Bonchev–Trinajstić information content (AvgIpc) is 2.02. The fourth-order valence-electron chi connectivity index (χ4n) is 0.690. The quantitative estimate of drug-likeness (QED) is 0.238. The van der Waals surface area contributed by atoms with Gasteiger partial charge in [-0.25, -0.2) is 0 Å². The summed E-state index contributed by atoms with van der Waals surface area (Å²) in [6, 6.07) is 0. The number of aliphatic hydroxyl groups is 2. The molecular formula is C6H12N2O5. The normalized spacial score (nSPS) is 11.9. The lowest BCUT2D eigenvalue weighted by Crippen LogP contribution is -2.32. The van der Waals surface area contributed by atoms with Crippen LogP contribution in [0.5, 0.6) is 0 Å². The van der Waals surface area contributed by atoms with E-state index in [9.17, 15) is 9.70 Å². The van der Waals surface area contributed by atoms with Crippen molar-refractivity contribution in [2.75, 3.05) is 19.7 Å². The molecule has 0 aromatic rings. The first-order valence-electron chi connectivity index (χ1n) is 3.64. The van der Waals surface area contributed by atoms with Crippen molar-refractivity contribution >= 4 is 5.97 Å². The fraction of sp³-hybridized carbons (Fsp3) is 0.833. The Hall–Kier alpha value is -1.21. The van der Waals surface area contributed by atoms with E-state index in [-0.39, 0.29) is 19.7 Å². The van der Waals surface area contributed by atoms with Gasteiger partial charge in [-0.05, 0) is 0 Å². The van der Waals surface area contributed by atoms with Gasteiger partial charge >= 0.3 is 5.97 Å². The largest absolute Gasteiger partial charge is 0.434 e. The molecule has 0 saturated carbocycles. The maximum absolute atomic E-state index is 10.3. The van der Waals surface area contributed by atoms with Crippen LogP contribution in [0.2, 0.25) is 0 Å². The van der Waals surface area contributed by atoms with E-state index in [4.69, 9.17) is 10.2 Å². The second kappa shape index (κ2) is 6.32. The van der Waals surface area contributed by atoms with Crippen molar-refractivity contribution in [1.29, 1.82) is 0 Å². The number of aliphatic hydroxyl groups excluding tert-OH is 2. The van der Waals surface area contributed by atoms with Gasteiger partial charge in [0.05, 0.1) is 18.4 Å². The van der Waals surface area contributed by atoms with Gasteiger partial charge in [-0.2, -0.15) is 0 Å². The Kier molecular flexibility index (Phi) is 5.73. The van der Waals surface area contributed by atoms with Crippen molar-refractivity contribution in [3.63, 3.8) is 0 Å². The molecule has 0 radical (unpaired) electrons. The van der Waals surface area contributed by atoms with Crippen molar-refractivity contribution < 1.29 is 19.7 Å². The molecule has 13 heavy (non-hydrogen) atoms. The van der Waals surface area contributed by atoms with Crippen LogP contribution in [-0.2, 0) is 9.53 Å². The van der Waals surface area contributed by atoms with Gasteiger partial charge in [0.2, 0.25) is 6.29 Å². The zero-order valence-electron chi connectivity index (χ0n) is 7.21. The molecule has 0 spiro atoms. The maximum atomic E-state index is 10.3. The van der Waals surface area contributed by atoms with Crippen molar-refractivity contribution in [1.82, 2.24) is 5.01 Å². The first kappa shape index (κ1) is 11.8. The molecule has 0 amide bonds. The lowest BCUT2D eigenvalue weighted by molar-refractivity contribution is -0.167. The van der Waals surface area contributed by atoms with Crippen LogP contribution in [0.25, 0.3) is 0 Å². The molecule has 0 aliphatic rings. The molecule has 76 valence electrons. The molecule has 0 fully saturated rings. The first-order valence-corrected chi connectivity index (χ1v) is 3.64. The van der Waals surface area contributed by atoms with Crippen LogP contribution in [0.1, 0.15) is 6.92 Å². The number of nitroso groups, excluding NO2 is 1. The topological polar surface area (TPSA) is 99.4 Å². The summed E-state index contributed by atoms with van der Waals surface area (Å²) in [5.41, 5.74) is 0. The van der Waals surface area contributed by atoms with Gasteiger partial charge in [0.1, 0.15) is 6.54 Å². The van der Waals surface area contributed by atoms with Crippen molar-refractivity contribution in [3.8, 4) is 0 Å². The third-order valence-corrected chi connectivity index (χ3v) is 1.14. The molecule has 2 N–H and O–H groups in total. The summed E-state index contributed by atoms with van der Waals surface area (Å²) in [4.78, 5) is 20.4. The molecule has 0 bridgehead atoms. The zero-order chi connectivity index (χ0) is 10.3. The Balaban J connectivity index is 3.78. The summed E-state index contributed by atoms with van der Waals surface area (Å²) in [6.07, 6.45) is -1.40. The highest BCUT2D eigenvalue weighted by atomic mass is 16.6. The van der Waals surface area contributed by atoms with Crippen LogP contribution in [0.4, 0.5) is 0 Å². The first-order chi connectivity index (χ1) is 6.10. The van der Waals surface area contributed by atoms with Crippen molar-refractivity contribution in [2.24, 2.45) is 5.29 Å². The van der Waals surface area contributed by atoms with Crippen molar-refractivity contribution in [2.45, 2.75) is 13.2 Å². The van der Waals surface area contributed by atoms with Crippen LogP contribution in [0.3, 0.4) is 0 Å². The highest BCUT2D eigenvalue weighted by molar-refractivity contribution is 5.66. The number of carbonyl (C=O) groups excluding carboxylic acids is 1. The van der Waals surface area contributed by atoms with Crippen LogP contribution < -0.4 is 0 Å². The molecule has 7 heteroatoms. The van der Waals surface area contributed by atoms with Gasteiger partial charge in [-0.1, -0.05) is 0 Å². The molecule has 0 heterocycles. The molecule has 0 aliphatic carbocycles. The molecule has 0 saturated heterocycles. The average molecular weight is 192 g/mol. The standard InChI is InChI=1S/C6H12N2O5/c1-5(10)13-6(11)4-8(7-12)2-3-9/h6,9,11H,2-4H2,1H3. The van der Waals surface area contributed by atoms with Crippen LogP contribution in [0.15, 0.2) is 5.29 Å². The van der Waals surface area contributed by atoms with E-state index in [0.717, 1.165) is 11.9 Å². The van der Waals surface area contributed by atoms with Gasteiger partial charge < -0.3 is 14.9 Å². The lowest BCUT2D eigenvalue weighted by atomic mass is 10.5. The number of nitrogens with zero attached hydrogens (tertiary/aromatic N) is 2. The summed E-state index contributed by atoms with van der Waals surface area (Å²) in [6.45, 7) is 0.609. The van der Waals surface area contributed by atoms with E-state index < -0.39 is 12.3 Å². The van der Waals surface area contributed by atoms with Crippen LogP contribution in [-0.4, -0.2) is 47.2 Å². The molecule has 1 atom stereocenters. The Bertz CT molecular complexity index is 174. The van der Waals surface area contributed by atoms with Crippen LogP contribution in [0, 0.1) is 4.91 Å². The third-order valence-electron chi connectivity index (χ3n) is 1.14. The second-order valence-corrected chi connectivity index (χ2v) is 2.28. The second-order valence-electron chi connectivity index (χ2n) is 2.28. The highest BCUT2D eigenvalue weighted by Gasteiger charge is 2.12. The molecule has 0 aromatic carbocycles. The van der Waals surface area contributed by atoms with E-state index in [0.29, 0.717) is 0 Å². The number of ether oxygens (including phenoxy) is 1. The van der Waals surface area contributed by atoms with Crippen molar-refractivity contribution in [3.05, 3.63) is 4.91 Å². The van der Waals surface area contributed by atoms with E-state index >= 15 is 0 Å². The maximum Gasteiger partial charge on any atom is 0.304 e. The predicted octanol–water partition coefficient (Wildman–Crippen LogP) is -1.16. The molecule has 1 unspecified atom stereocenters. The minimum atomic E-state index is -1.40. The smallest absolute Gasteiger partial charge is 0.304 e. The summed E-state index contributed by atoms with van der Waals surface area (Å²) in [5, 5.41) is 20.8. The highest BCUT2D eigenvalue weighted by Crippen LogP contribution is 1.95. The molecule has 7 nitrogen and oxygen atoms in total. The zero-order valence-corrected chi connectivity index (χ0v) is 7.21. The number of carbonyl (C=O) groups is 1. The summed E-state index contributed by atoms with van der Waals surface area (Å²) >= 11 is 0. The summed E-state index contributed by atoms with van der Waals surface area (Å²) < 4.78 is 4.32. The predicted molar refractivity (Wildman–Crippen MR) is 42.2 cm³/mol. The number of hydrogen-bond acceptors (Lipinski definition) is 6. The molecule has 0 aliphatic heterocycles. The van der Waals surface area contributed by atoms with E-state index in [1.807, 2.05) is 0 Å². The van der Waals surface area contributed by atoms with Gasteiger partial charge in [0, 0.05) is 6.92 Å². The van der Waals surface area contributed by atoms with Gasteiger partial charge in [-0.3, -0.25) is 9.80 Å². The van der Waals surface area contributed by atoms with Crippen LogP contribution >= 0.6 is 0 Å². The minimum Gasteiger partial charge on any atom is -0.434 e. The fourth-order valence-corrected chi connectivity index (χ4v) is 0.690. The lowest BCUT2D eigenvalue weighted by Gasteiger charge is -2.17. The number of rotatable bonds is 6. The minimum absolute atomic E-state index is 0.0121. The molecular weight excluding hydrogens is 180 g/mol.